The molecule has 0 spiro atoms. The summed E-state index contributed by atoms with van der Waals surface area (Å²) >= 11 is 0. The fourth-order valence-corrected chi connectivity index (χ4v) is 4.42. The summed E-state index contributed by atoms with van der Waals surface area (Å²) in [4.78, 5) is 0. The molecule has 15 unspecified atom stereocenters. The highest BCUT2D eigenvalue weighted by molar-refractivity contribution is 4.94. The number of hydrogen-bond acceptors (Lipinski definition) is 16. The molecule has 16 nitrogen and oxygen atoms in total. The van der Waals surface area contributed by atoms with Gasteiger partial charge in [-0.3, -0.25) is 0 Å². The lowest BCUT2D eigenvalue weighted by molar-refractivity contribution is -0.398. The largest absolute Gasteiger partial charge is 0.390 e. The van der Waals surface area contributed by atoms with Crippen molar-refractivity contribution in [1.29, 1.82) is 0 Å². The number of nitrogens with two attached hydrogens (primary N) is 1. The van der Waals surface area contributed by atoms with E-state index in [4.69, 9.17) is 43.6 Å². The molecule has 0 radical (unpaired) electrons. The van der Waals surface area contributed by atoms with Crippen molar-refractivity contribution in [2.24, 2.45) is 11.7 Å². The third kappa shape index (κ3) is 7.16. The lowest BCUT2D eigenvalue weighted by atomic mass is 9.97. The van der Waals surface area contributed by atoms with Gasteiger partial charge in [0.05, 0.1) is 32.0 Å². The first-order chi connectivity index (χ1) is 18.0. The number of hydrogen-bond donors (Lipinski definition) is 8. The van der Waals surface area contributed by atoms with E-state index in [2.05, 4.69) is 0 Å². The van der Waals surface area contributed by atoms with Gasteiger partial charge in [0.1, 0.15) is 48.8 Å². The van der Waals surface area contributed by atoms with Crippen LogP contribution in [0.15, 0.2) is 0 Å². The van der Waals surface area contributed by atoms with E-state index < -0.39 is 86.2 Å². The predicted molar refractivity (Wildman–Crippen MR) is 122 cm³/mol. The van der Waals surface area contributed by atoms with Gasteiger partial charge in [-0.1, -0.05) is 6.92 Å². The van der Waals surface area contributed by atoms with Crippen molar-refractivity contribution in [3.05, 3.63) is 0 Å². The van der Waals surface area contributed by atoms with Crippen molar-refractivity contribution < 1.29 is 73.6 Å². The second kappa shape index (κ2) is 14.3. The Labute approximate surface area is 219 Å². The van der Waals surface area contributed by atoms with E-state index in [0.717, 1.165) is 0 Å². The van der Waals surface area contributed by atoms with Gasteiger partial charge in [-0.15, -0.1) is 0 Å². The van der Waals surface area contributed by atoms with Gasteiger partial charge in [-0.2, -0.15) is 0 Å². The molecule has 0 amide bonds. The van der Waals surface area contributed by atoms with E-state index in [1.807, 2.05) is 0 Å². The molecule has 3 fully saturated rings. The first-order valence-corrected chi connectivity index (χ1v) is 12.4. The van der Waals surface area contributed by atoms with E-state index in [0.29, 0.717) is 0 Å². The van der Waals surface area contributed by atoms with Gasteiger partial charge in [0.2, 0.25) is 0 Å². The van der Waals surface area contributed by atoms with Crippen LogP contribution in [0, 0.1) is 5.92 Å². The van der Waals surface area contributed by atoms with Gasteiger partial charge in [0.25, 0.3) is 0 Å². The standard InChI is InChI=1S/C22H41NO15/c1-8-5-34-20(14(28)11(8)25)37-18-13(27)16(30)21(38-22(18)32-3)36-17-10(7-33-6-9(24)4-23)35-19(31-2)15(29)12(17)26/h8-22,24-30H,4-7,23H2,1-3H3. The van der Waals surface area contributed by atoms with Gasteiger partial charge < -0.3 is 79.4 Å². The van der Waals surface area contributed by atoms with Gasteiger partial charge in [-0.25, -0.2) is 0 Å². The number of aliphatic hydroxyl groups is 7. The minimum atomic E-state index is -1.76. The van der Waals surface area contributed by atoms with Crippen LogP contribution >= 0.6 is 0 Å². The van der Waals surface area contributed by atoms with Crippen molar-refractivity contribution in [2.75, 3.05) is 40.6 Å². The first kappa shape index (κ1) is 31.9. The smallest absolute Gasteiger partial charge is 0.189 e. The fraction of sp³-hybridized carbons (Fsp3) is 1.00. The second-order valence-corrected chi connectivity index (χ2v) is 9.64. The summed E-state index contributed by atoms with van der Waals surface area (Å²) < 4.78 is 43.8. The highest BCUT2D eigenvalue weighted by atomic mass is 16.8. The lowest BCUT2D eigenvalue weighted by Gasteiger charge is -2.47. The maximum atomic E-state index is 10.8. The van der Waals surface area contributed by atoms with E-state index in [-0.39, 0.29) is 32.3 Å². The van der Waals surface area contributed by atoms with Gasteiger partial charge in [0.15, 0.2) is 25.2 Å². The highest BCUT2D eigenvalue weighted by Gasteiger charge is 2.53. The van der Waals surface area contributed by atoms with Crippen LogP contribution in [0.4, 0.5) is 0 Å². The maximum absolute atomic E-state index is 10.8. The van der Waals surface area contributed by atoms with E-state index >= 15 is 0 Å². The third-order valence-corrected chi connectivity index (χ3v) is 6.79. The molecule has 3 aliphatic heterocycles. The van der Waals surface area contributed by atoms with Crippen molar-refractivity contribution in [3.8, 4) is 0 Å². The first-order valence-electron chi connectivity index (χ1n) is 12.4. The van der Waals surface area contributed by atoms with Gasteiger partial charge in [0, 0.05) is 26.7 Å². The molecule has 0 aromatic carbocycles. The normalized spacial score (nSPS) is 47.1. The van der Waals surface area contributed by atoms with Crippen LogP contribution in [0.5, 0.6) is 0 Å². The van der Waals surface area contributed by atoms with Crippen molar-refractivity contribution in [2.45, 2.75) is 93.1 Å². The molecular weight excluding hydrogens is 518 g/mol. The molecule has 38 heavy (non-hydrogen) atoms. The Bertz CT molecular complexity index is 706. The van der Waals surface area contributed by atoms with Crippen molar-refractivity contribution >= 4 is 0 Å². The summed E-state index contributed by atoms with van der Waals surface area (Å²) in [6, 6.07) is 0. The second-order valence-electron chi connectivity index (χ2n) is 9.64. The molecule has 9 N–H and O–H groups in total. The number of ether oxygens (including phenoxy) is 8. The zero-order valence-electron chi connectivity index (χ0n) is 21.5. The minimum Gasteiger partial charge on any atom is -0.390 e. The maximum Gasteiger partial charge on any atom is 0.189 e. The van der Waals surface area contributed by atoms with Crippen LogP contribution in [0.2, 0.25) is 0 Å². The molecule has 3 rings (SSSR count). The average molecular weight is 560 g/mol. The Morgan fingerprint density at radius 1 is 0.763 bits per heavy atom. The van der Waals surface area contributed by atoms with E-state index in [9.17, 15) is 35.7 Å². The lowest BCUT2D eigenvalue weighted by Crippen LogP contribution is -2.65. The number of rotatable bonds is 11. The molecule has 3 aliphatic rings. The molecule has 224 valence electrons. The zero-order chi connectivity index (χ0) is 28.1. The fourth-order valence-electron chi connectivity index (χ4n) is 4.42. The van der Waals surface area contributed by atoms with Crippen LogP contribution in [-0.2, 0) is 37.9 Å². The van der Waals surface area contributed by atoms with Crippen LogP contribution < -0.4 is 5.73 Å². The van der Waals surface area contributed by atoms with E-state index in [1.54, 1.807) is 6.92 Å². The molecule has 0 aromatic heterocycles. The molecule has 0 aromatic rings. The number of methoxy groups -OCH3 is 2. The highest BCUT2D eigenvalue weighted by Crippen LogP contribution is 2.32. The summed E-state index contributed by atoms with van der Waals surface area (Å²) in [5.74, 6) is -0.355. The zero-order valence-corrected chi connectivity index (χ0v) is 21.5. The Hall–Kier alpha value is -0.640. The average Bonchev–Trinajstić information content (AvgIpc) is 2.91. The quantitative estimate of drug-likeness (QED) is 0.118. The molecule has 0 saturated carbocycles. The third-order valence-electron chi connectivity index (χ3n) is 6.79. The summed E-state index contributed by atoms with van der Waals surface area (Å²) in [6.07, 6.45) is -19.4. The molecule has 16 heteroatoms. The predicted octanol–water partition coefficient (Wildman–Crippen LogP) is -5.05. The van der Waals surface area contributed by atoms with Crippen molar-refractivity contribution in [3.63, 3.8) is 0 Å². The Kier molecular flexibility index (Phi) is 12.0. The monoisotopic (exact) mass is 559 g/mol. The van der Waals surface area contributed by atoms with E-state index in [1.165, 1.54) is 14.2 Å². The topological polar surface area (TPSA) is 241 Å². The van der Waals surface area contributed by atoms with Crippen LogP contribution in [-0.4, -0.2) is 163 Å². The SMILES string of the molecule is COC1OC(COCC(O)CN)C(OC2OC(OC)C(OC3OCC(C)C(O)C3O)C(O)C2O)C(O)C1O. The summed E-state index contributed by atoms with van der Waals surface area (Å²) in [5.41, 5.74) is 5.37. The molecule has 0 bridgehead atoms. The van der Waals surface area contributed by atoms with Crippen LogP contribution in [0.25, 0.3) is 0 Å². The van der Waals surface area contributed by atoms with Crippen molar-refractivity contribution in [1.82, 2.24) is 0 Å². The Morgan fingerprint density at radius 3 is 1.97 bits per heavy atom. The summed E-state index contributed by atoms with van der Waals surface area (Å²) in [7, 11) is 2.50. The van der Waals surface area contributed by atoms with Crippen LogP contribution in [0.1, 0.15) is 6.92 Å². The Balaban J connectivity index is 1.70. The molecule has 15 atom stereocenters. The molecule has 3 saturated heterocycles. The Morgan fingerprint density at radius 2 is 1.34 bits per heavy atom. The molecule has 3 heterocycles. The van der Waals surface area contributed by atoms with Gasteiger partial charge >= 0.3 is 0 Å². The number of aliphatic hydroxyl groups excluding tert-OH is 7. The summed E-state index contributed by atoms with van der Waals surface area (Å²) in [6.45, 7) is 1.34. The summed E-state index contributed by atoms with van der Waals surface area (Å²) in [5, 5.41) is 72.8. The van der Waals surface area contributed by atoms with Gasteiger partial charge in [-0.05, 0) is 0 Å². The minimum absolute atomic E-state index is 0.0456. The molecule has 0 aliphatic carbocycles. The molecular formula is C22H41NO15. The van der Waals surface area contributed by atoms with Crippen LogP contribution in [0.3, 0.4) is 0 Å².